The van der Waals surface area contributed by atoms with Gasteiger partial charge >= 0.3 is 0 Å². The van der Waals surface area contributed by atoms with Crippen LogP contribution in [0.15, 0.2) is 77.7 Å². The molecule has 0 saturated carbocycles. The van der Waals surface area contributed by atoms with Crippen molar-refractivity contribution in [1.29, 1.82) is 0 Å². The maximum Gasteiger partial charge on any atom is 0.208 e. The largest absolute Gasteiger partial charge is 0.218 e. The molecule has 0 saturated heterocycles. The molecule has 0 atom stereocenters. The van der Waals surface area contributed by atoms with Crippen LogP contribution in [0.2, 0.25) is 0 Å². The zero-order valence-electron chi connectivity index (χ0n) is 15.5. The number of sulfone groups is 1. The average molecular weight is 488 g/mol. The summed E-state index contributed by atoms with van der Waals surface area (Å²) in [5, 5.41) is 0. The van der Waals surface area contributed by atoms with E-state index >= 15 is 0 Å². The van der Waals surface area contributed by atoms with E-state index < -0.39 is 9.84 Å². The summed E-state index contributed by atoms with van der Waals surface area (Å²) >= 11 is 2.15. The van der Waals surface area contributed by atoms with E-state index in [2.05, 4.69) is 22.6 Å². The van der Waals surface area contributed by atoms with Crippen molar-refractivity contribution in [2.75, 3.05) is 0 Å². The van der Waals surface area contributed by atoms with Gasteiger partial charge in [-0.3, -0.25) is 0 Å². The van der Waals surface area contributed by atoms with Gasteiger partial charge in [0.2, 0.25) is 9.84 Å². The lowest BCUT2D eigenvalue weighted by atomic mass is 10.1. The molecule has 0 aliphatic rings. The predicted molar refractivity (Wildman–Crippen MR) is 122 cm³/mol. The third-order valence-electron chi connectivity index (χ3n) is 4.42. The number of rotatable bonds is 4. The standard InChI is InChI=1S/C23H21IO2S/c1-16-4-10-19(11-5-16)22(24)23(20-12-6-17(2)7-13-20)27(25,26)21-14-8-18(3)9-15-21/h4-15H,1-3H3/b23-22+. The molecule has 0 aliphatic carbocycles. The minimum atomic E-state index is -3.67. The maximum atomic E-state index is 13.5. The van der Waals surface area contributed by atoms with E-state index in [0.29, 0.717) is 15.4 Å². The van der Waals surface area contributed by atoms with Crippen LogP contribution in [0.1, 0.15) is 27.8 Å². The summed E-state index contributed by atoms with van der Waals surface area (Å²) in [5.74, 6) is 0. The first kappa shape index (κ1) is 19.8. The van der Waals surface area contributed by atoms with Crippen molar-refractivity contribution >= 4 is 40.9 Å². The normalized spacial score (nSPS) is 12.6. The second-order valence-corrected chi connectivity index (χ2v) is 9.66. The first-order chi connectivity index (χ1) is 12.8. The molecule has 27 heavy (non-hydrogen) atoms. The molecule has 0 fully saturated rings. The molecule has 0 aliphatic heterocycles. The minimum Gasteiger partial charge on any atom is -0.218 e. The first-order valence-electron chi connectivity index (χ1n) is 8.64. The quantitative estimate of drug-likeness (QED) is 0.317. The van der Waals surface area contributed by atoms with Crippen LogP contribution in [0, 0.1) is 20.8 Å². The fourth-order valence-electron chi connectivity index (χ4n) is 2.77. The fraction of sp³-hybridized carbons (Fsp3) is 0.130. The molecule has 0 aromatic heterocycles. The van der Waals surface area contributed by atoms with Crippen LogP contribution in [-0.4, -0.2) is 8.42 Å². The Bertz CT molecular complexity index is 1080. The highest BCUT2D eigenvalue weighted by atomic mass is 127. The third-order valence-corrected chi connectivity index (χ3v) is 7.82. The Kier molecular flexibility index (Phi) is 5.86. The molecule has 3 aromatic carbocycles. The monoisotopic (exact) mass is 488 g/mol. The topological polar surface area (TPSA) is 34.1 Å². The Morgan fingerprint density at radius 3 is 1.44 bits per heavy atom. The first-order valence-corrected chi connectivity index (χ1v) is 11.2. The number of aryl methyl sites for hydroxylation is 3. The molecule has 0 N–H and O–H groups in total. The van der Waals surface area contributed by atoms with E-state index in [0.717, 1.165) is 25.8 Å². The second kappa shape index (κ2) is 7.98. The molecule has 0 unspecified atom stereocenters. The van der Waals surface area contributed by atoms with E-state index in [9.17, 15) is 8.42 Å². The van der Waals surface area contributed by atoms with Crippen molar-refractivity contribution in [2.45, 2.75) is 25.7 Å². The van der Waals surface area contributed by atoms with Gasteiger partial charge < -0.3 is 0 Å². The lowest BCUT2D eigenvalue weighted by Crippen LogP contribution is -2.06. The molecule has 3 rings (SSSR count). The van der Waals surface area contributed by atoms with Crippen LogP contribution in [0.4, 0.5) is 0 Å². The van der Waals surface area contributed by atoms with Crippen LogP contribution in [0.25, 0.3) is 8.48 Å². The Morgan fingerprint density at radius 1 is 0.630 bits per heavy atom. The van der Waals surface area contributed by atoms with Crippen molar-refractivity contribution in [3.63, 3.8) is 0 Å². The molecule has 4 heteroatoms. The van der Waals surface area contributed by atoms with Gasteiger partial charge in [-0.15, -0.1) is 0 Å². The Morgan fingerprint density at radius 2 is 1.00 bits per heavy atom. The lowest BCUT2D eigenvalue weighted by Gasteiger charge is -2.14. The van der Waals surface area contributed by atoms with Crippen LogP contribution in [-0.2, 0) is 9.84 Å². The number of hydrogen-bond donors (Lipinski definition) is 0. The van der Waals surface area contributed by atoms with Crippen LogP contribution in [0.3, 0.4) is 0 Å². The molecule has 0 spiro atoms. The van der Waals surface area contributed by atoms with E-state index in [1.807, 2.05) is 81.4 Å². The van der Waals surface area contributed by atoms with E-state index in [1.165, 1.54) is 0 Å². The summed E-state index contributed by atoms with van der Waals surface area (Å²) in [6, 6.07) is 22.6. The Balaban J connectivity index is 2.27. The van der Waals surface area contributed by atoms with E-state index in [-0.39, 0.29) is 0 Å². The maximum absolute atomic E-state index is 13.5. The fourth-order valence-corrected chi connectivity index (χ4v) is 5.84. The molecule has 2 nitrogen and oxygen atoms in total. The summed E-state index contributed by atoms with van der Waals surface area (Å²) in [4.78, 5) is 0.653. The van der Waals surface area contributed by atoms with Crippen molar-refractivity contribution in [2.24, 2.45) is 0 Å². The van der Waals surface area contributed by atoms with Crippen molar-refractivity contribution in [1.82, 2.24) is 0 Å². The van der Waals surface area contributed by atoms with Gasteiger partial charge in [0.15, 0.2) is 0 Å². The van der Waals surface area contributed by atoms with E-state index in [4.69, 9.17) is 0 Å². The minimum absolute atomic E-state index is 0.310. The van der Waals surface area contributed by atoms with Gasteiger partial charge in [-0.1, -0.05) is 77.4 Å². The van der Waals surface area contributed by atoms with Gasteiger partial charge in [-0.2, -0.15) is 0 Å². The summed E-state index contributed by atoms with van der Waals surface area (Å²) in [5.41, 5.74) is 4.86. The molecule has 3 aromatic rings. The van der Waals surface area contributed by atoms with Crippen LogP contribution < -0.4 is 0 Å². The third kappa shape index (κ3) is 4.33. The molecule has 0 heterocycles. The number of benzene rings is 3. The summed E-state index contributed by atoms with van der Waals surface area (Å²) in [7, 11) is -3.67. The van der Waals surface area contributed by atoms with Gasteiger partial charge in [-0.05, 0) is 66.6 Å². The van der Waals surface area contributed by atoms with Crippen LogP contribution >= 0.6 is 22.6 Å². The molecular formula is C23H21IO2S. The molecular weight excluding hydrogens is 467 g/mol. The number of hydrogen-bond acceptors (Lipinski definition) is 2. The average Bonchev–Trinajstić information content (AvgIpc) is 2.64. The molecule has 0 amide bonds. The Labute approximate surface area is 175 Å². The predicted octanol–water partition coefficient (Wildman–Crippen LogP) is 6.35. The lowest BCUT2D eigenvalue weighted by molar-refractivity contribution is 0.606. The summed E-state index contributed by atoms with van der Waals surface area (Å²) in [6.45, 7) is 5.96. The number of halogens is 1. The summed E-state index contributed by atoms with van der Waals surface area (Å²) in [6.07, 6.45) is 0. The smallest absolute Gasteiger partial charge is 0.208 e. The highest BCUT2D eigenvalue weighted by molar-refractivity contribution is 14.1. The van der Waals surface area contributed by atoms with E-state index in [1.54, 1.807) is 12.1 Å². The summed E-state index contributed by atoms with van der Waals surface area (Å²) < 4.78 is 27.8. The zero-order valence-corrected chi connectivity index (χ0v) is 18.5. The van der Waals surface area contributed by atoms with Gasteiger partial charge in [0.1, 0.15) is 0 Å². The van der Waals surface area contributed by atoms with Gasteiger partial charge in [-0.25, -0.2) is 8.42 Å². The molecule has 138 valence electrons. The van der Waals surface area contributed by atoms with Crippen molar-refractivity contribution < 1.29 is 8.42 Å². The second-order valence-electron chi connectivity index (χ2n) is 6.69. The molecule has 0 radical (unpaired) electrons. The molecule has 0 bridgehead atoms. The van der Waals surface area contributed by atoms with Gasteiger partial charge in [0, 0.05) is 3.58 Å². The van der Waals surface area contributed by atoms with Gasteiger partial charge in [0.25, 0.3) is 0 Å². The van der Waals surface area contributed by atoms with Crippen molar-refractivity contribution in [3.8, 4) is 0 Å². The SMILES string of the molecule is Cc1ccc(/C(I)=C(/c2ccc(C)cc2)S(=O)(=O)c2ccc(C)cc2)cc1. The zero-order chi connectivity index (χ0) is 19.6. The van der Waals surface area contributed by atoms with Gasteiger partial charge in [0.05, 0.1) is 9.80 Å². The Hall–Kier alpha value is -1.92. The highest BCUT2D eigenvalue weighted by Crippen LogP contribution is 2.38. The highest BCUT2D eigenvalue weighted by Gasteiger charge is 2.26. The van der Waals surface area contributed by atoms with Crippen LogP contribution in [0.5, 0.6) is 0 Å². The van der Waals surface area contributed by atoms with Crippen molar-refractivity contribution in [3.05, 3.63) is 101 Å².